The van der Waals surface area contributed by atoms with Crippen LogP contribution in [0.25, 0.3) is 0 Å². The zero-order chi connectivity index (χ0) is 10.1. The second-order valence-corrected chi connectivity index (χ2v) is 5.13. The molecule has 1 aliphatic carbocycles. The van der Waals surface area contributed by atoms with Gasteiger partial charge in [-0.15, -0.1) is 0 Å². The van der Waals surface area contributed by atoms with Crippen LogP contribution < -0.4 is 5.73 Å². The Morgan fingerprint density at radius 2 is 2.14 bits per heavy atom. The molecule has 0 bridgehead atoms. The average Bonchev–Trinajstić information content (AvgIpc) is 2.57. The summed E-state index contributed by atoms with van der Waals surface area (Å²) in [6.45, 7) is 2.12. The van der Waals surface area contributed by atoms with E-state index in [2.05, 4.69) is 41.1 Å². The second-order valence-electron chi connectivity index (χ2n) is 4.28. The summed E-state index contributed by atoms with van der Waals surface area (Å²) in [5.74, 6) is 0.682. The van der Waals surface area contributed by atoms with E-state index in [1.807, 2.05) is 0 Å². The molecule has 1 aromatic rings. The van der Waals surface area contributed by atoms with Gasteiger partial charge in [0, 0.05) is 10.5 Å². The molecule has 0 aromatic heterocycles. The predicted molar refractivity (Wildman–Crippen MR) is 63.4 cm³/mol. The van der Waals surface area contributed by atoms with Gasteiger partial charge in [0.2, 0.25) is 0 Å². The highest BCUT2D eigenvalue weighted by molar-refractivity contribution is 9.10. The van der Waals surface area contributed by atoms with Crippen molar-refractivity contribution in [3.05, 3.63) is 33.8 Å². The first-order valence-corrected chi connectivity index (χ1v) is 5.98. The fourth-order valence-electron chi connectivity index (χ4n) is 2.18. The van der Waals surface area contributed by atoms with Gasteiger partial charge < -0.3 is 5.73 Å². The molecule has 2 heteroatoms. The standard InChI is InChI=1S/C12H16BrN/c1-8-2-3-10(7-12(8)13)9-4-5-11(14)6-9/h2-3,7,9,11H,4-6,14H2,1H3. The minimum Gasteiger partial charge on any atom is -0.328 e. The molecule has 2 unspecified atom stereocenters. The number of aryl methyl sites for hydroxylation is 1. The lowest BCUT2D eigenvalue weighted by Gasteiger charge is -2.11. The molecule has 0 saturated heterocycles. The third kappa shape index (κ3) is 2.01. The maximum Gasteiger partial charge on any atom is 0.0207 e. The molecule has 1 aromatic carbocycles. The number of nitrogens with two attached hydrogens (primary N) is 1. The van der Waals surface area contributed by atoms with Crippen LogP contribution in [-0.2, 0) is 0 Å². The molecule has 1 saturated carbocycles. The smallest absolute Gasteiger partial charge is 0.0207 e. The highest BCUT2D eigenvalue weighted by Gasteiger charge is 2.23. The van der Waals surface area contributed by atoms with Crippen molar-refractivity contribution in [1.29, 1.82) is 0 Å². The molecule has 0 amide bonds. The van der Waals surface area contributed by atoms with Crippen LogP contribution >= 0.6 is 15.9 Å². The summed E-state index contributed by atoms with van der Waals surface area (Å²) in [4.78, 5) is 0. The largest absolute Gasteiger partial charge is 0.328 e. The van der Waals surface area contributed by atoms with Crippen LogP contribution in [-0.4, -0.2) is 6.04 Å². The minimum atomic E-state index is 0.417. The van der Waals surface area contributed by atoms with Gasteiger partial charge in [0.05, 0.1) is 0 Å². The lowest BCUT2D eigenvalue weighted by atomic mass is 9.97. The minimum absolute atomic E-state index is 0.417. The van der Waals surface area contributed by atoms with Crippen molar-refractivity contribution in [2.75, 3.05) is 0 Å². The number of hydrogen-bond donors (Lipinski definition) is 1. The van der Waals surface area contributed by atoms with E-state index in [1.54, 1.807) is 0 Å². The second kappa shape index (κ2) is 4.03. The third-order valence-corrected chi connectivity index (χ3v) is 3.99. The summed E-state index contributed by atoms with van der Waals surface area (Å²) in [6.07, 6.45) is 3.57. The highest BCUT2D eigenvalue weighted by Crippen LogP contribution is 2.35. The summed E-state index contributed by atoms with van der Waals surface area (Å²) in [7, 11) is 0. The molecule has 0 spiro atoms. The van der Waals surface area contributed by atoms with Crippen molar-refractivity contribution in [2.45, 2.75) is 38.1 Å². The molecule has 2 rings (SSSR count). The highest BCUT2D eigenvalue weighted by atomic mass is 79.9. The third-order valence-electron chi connectivity index (χ3n) is 3.14. The Bertz CT molecular complexity index is 335. The Kier molecular flexibility index (Phi) is 2.93. The zero-order valence-corrected chi connectivity index (χ0v) is 10.0. The Morgan fingerprint density at radius 3 is 2.71 bits per heavy atom. The van der Waals surface area contributed by atoms with Gasteiger partial charge in [0.1, 0.15) is 0 Å². The van der Waals surface area contributed by atoms with Gasteiger partial charge in [-0.25, -0.2) is 0 Å². The fraction of sp³-hybridized carbons (Fsp3) is 0.500. The van der Waals surface area contributed by atoms with Gasteiger partial charge in [-0.2, -0.15) is 0 Å². The molecule has 0 aliphatic heterocycles. The van der Waals surface area contributed by atoms with Gasteiger partial charge in [0.15, 0.2) is 0 Å². The lowest BCUT2D eigenvalue weighted by Crippen LogP contribution is -2.14. The topological polar surface area (TPSA) is 26.0 Å². The first-order valence-electron chi connectivity index (χ1n) is 5.18. The SMILES string of the molecule is Cc1ccc(C2CCC(N)C2)cc1Br. The Balaban J connectivity index is 2.20. The van der Waals surface area contributed by atoms with Crippen molar-refractivity contribution in [1.82, 2.24) is 0 Å². The van der Waals surface area contributed by atoms with Crippen LogP contribution in [0.4, 0.5) is 0 Å². The Hall–Kier alpha value is -0.340. The Morgan fingerprint density at radius 1 is 1.36 bits per heavy atom. The van der Waals surface area contributed by atoms with Crippen molar-refractivity contribution >= 4 is 15.9 Å². The van der Waals surface area contributed by atoms with Gasteiger partial charge >= 0.3 is 0 Å². The van der Waals surface area contributed by atoms with E-state index in [1.165, 1.54) is 28.4 Å². The van der Waals surface area contributed by atoms with Gasteiger partial charge in [-0.05, 0) is 49.3 Å². The maximum atomic E-state index is 5.92. The molecule has 2 N–H and O–H groups in total. The summed E-state index contributed by atoms with van der Waals surface area (Å²) in [5, 5.41) is 0. The van der Waals surface area contributed by atoms with Crippen LogP contribution in [0.5, 0.6) is 0 Å². The first kappa shape index (κ1) is 10.2. The molecule has 1 fully saturated rings. The predicted octanol–water partition coefficient (Wildman–Crippen LogP) is 3.35. The molecule has 76 valence electrons. The van der Waals surface area contributed by atoms with E-state index in [0.29, 0.717) is 12.0 Å². The van der Waals surface area contributed by atoms with E-state index in [-0.39, 0.29) is 0 Å². The summed E-state index contributed by atoms with van der Waals surface area (Å²) < 4.78 is 1.22. The van der Waals surface area contributed by atoms with Gasteiger partial charge in [-0.1, -0.05) is 28.1 Å². The van der Waals surface area contributed by atoms with Crippen molar-refractivity contribution in [3.63, 3.8) is 0 Å². The van der Waals surface area contributed by atoms with E-state index >= 15 is 0 Å². The normalized spacial score (nSPS) is 26.8. The van der Waals surface area contributed by atoms with Crippen LogP contribution in [0.2, 0.25) is 0 Å². The number of hydrogen-bond acceptors (Lipinski definition) is 1. The molecule has 1 aliphatic rings. The molecule has 2 atom stereocenters. The van der Waals surface area contributed by atoms with E-state index < -0.39 is 0 Å². The fourth-order valence-corrected chi connectivity index (χ4v) is 2.58. The van der Waals surface area contributed by atoms with Crippen molar-refractivity contribution in [3.8, 4) is 0 Å². The summed E-state index contributed by atoms with van der Waals surface area (Å²) in [6, 6.07) is 7.09. The van der Waals surface area contributed by atoms with Gasteiger partial charge in [0.25, 0.3) is 0 Å². The summed E-state index contributed by atoms with van der Waals surface area (Å²) >= 11 is 3.58. The summed E-state index contributed by atoms with van der Waals surface area (Å²) in [5.41, 5.74) is 8.66. The monoisotopic (exact) mass is 253 g/mol. The average molecular weight is 254 g/mol. The molecule has 14 heavy (non-hydrogen) atoms. The van der Waals surface area contributed by atoms with Crippen LogP contribution in [0.15, 0.2) is 22.7 Å². The van der Waals surface area contributed by atoms with Crippen molar-refractivity contribution in [2.24, 2.45) is 5.73 Å². The van der Waals surface area contributed by atoms with E-state index in [9.17, 15) is 0 Å². The van der Waals surface area contributed by atoms with Gasteiger partial charge in [-0.3, -0.25) is 0 Å². The van der Waals surface area contributed by atoms with Crippen LogP contribution in [0.3, 0.4) is 0 Å². The number of halogens is 1. The molecule has 1 nitrogen and oxygen atoms in total. The van der Waals surface area contributed by atoms with Crippen molar-refractivity contribution < 1.29 is 0 Å². The number of rotatable bonds is 1. The zero-order valence-electron chi connectivity index (χ0n) is 8.46. The van der Waals surface area contributed by atoms with E-state index in [0.717, 1.165) is 6.42 Å². The van der Waals surface area contributed by atoms with Crippen LogP contribution in [0.1, 0.15) is 36.3 Å². The molecule has 0 radical (unpaired) electrons. The maximum absolute atomic E-state index is 5.92. The van der Waals surface area contributed by atoms with Crippen LogP contribution in [0, 0.1) is 6.92 Å². The molecular formula is C12H16BrN. The lowest BCUT2D eigenvalue weighted by molar-refractivity contribution is 0.674. The quantitative estimate of drug-likeness (QED) is 0.817. The molecular weight excluding hydrogens is 238 g/mol. The van der Waals surface area contributed by atoms with E-state index in [4.69, 9.17) is 5.73 Å². The Labute approximate surface area is 93.8 Å². The molecule has 0 heterocycles. The number of benzene rings is 1. The first-order chi connectivity index (χ1) is 6.66.